The van der Waals surface area contributed by atoms with Crippen LogP contribution in [0.3, 0.4) is 0 Å². The van der Waals surface area contributed by atoms with Crippen LogP contribution in [-0.2, 0) is 14.1 Å². The van der Waals surface area contributed by atoms with Crippen LogP contribution in [0, 0.1) is 10.1 Å². The molecular weight excluding hydrogens is 382 g/mol. The molecule has 0 aliphatic carbocycles. The maximum Gasteiger partial charge on any atom is 0.332 e. The van der Waals surface area contributed by atoms with Gasteiger partial charge in [0.25, 0.3) is 11.2 Å². The first-order valence-electron chi connectivity index (χ1n) is 8.63. The van der Waals surface area contributed by atoms with Gasteiger partial charge in [0, 0.05) is 37.0 Å². The molecule has 10 heteroatoms. The molecule has 0 saturated heterocycles. The van der Waals surface area contributed by atoms with E-state index >= 15 is 0 Å². The monoisotopic (exact) mass is 401 g/mol. The quantitative estimate of drug-likeness (QED) is 0.279. The Labute approximate surface area is 164 Å². The summed E-state index contributed by atoms with van der Waals surface area (Å²) < 4.78 is 2.35. The third-order valence-corrected chi connectivity index (χ3v) is 5.75. The minimum absolute atomic E-state index is 0.0417. The van der Waals surface area contributed by atoms with E-state index in [1.165, 1.54) is 35.5 Å². The number of aryl methyl sites for hydroxylation is 1. The molecule has 3 rings (SSSR count). The van der Waals surface area contributed by atoms with Crippen molar-refractivity contribution < 1.29 is 4.92 Å². The Balaban J connectivity index is 2.32. The van der Waals surface area contributed by atoms with E-state index in [2.05, 4.69) is 9.97 Å². The van der Waals surface area contributed by atoms with Gasteiger partial charge in [-0.1, -0.05) is 13.8 Å². The molecular formula is C18H19N5O4S. The van der Waals surface area contributed by atoms with E-state index in [4.69, 9.17) is 0 Å². The smallest absolute Gasteiger partial charge is 0.280 e. The van der Waals surface area contributed by atoms with Gasteiger partial charge in [-0.25, -0.2) is 14.8 Å². The molecule has 0 radical (unpaired) electrons. The average Bonchev–Trinajstić information content (AvgIpc) is 2.70. The largest absolute Gasteiger partial charge is 0.332 e. The molecule has 2 heterocycles. The molecule has 28 heavy (non-hydrogen) atoms. The summed E-state index contributed by atoms with van der Waals surface area (Å²) in [5, 5.41) is 11.9. The fourth-order valence-electron chi connectivity index (χ4n) is 2.65. The molecule has 0 fully saturated rings. The molecule has 0 aliphatic heterocycles. The first-order valence-corrected chi connectivity index (χ1v) is 9.51. The Bertz CT molecular complexity index is 1180. The van der Waals surface area contributed by atoms with Crippen molar-refractivity contribution in [1.29, 1.82) is 0 Å². The van der Waals surface area contributed by atoms with E-state index in [0.29, 0.717) is 21.8 Å². The number of thioether (sulfide) groups is 1. The van der Waals surface area contributed by atoms with Crippen LogP contribution in [0.4, 0.5) is 5.69 Å². The summed E-state index contributed by atoms with van der Waals surface area (Å²) in [5.74, 6) is 0.302. The lowest BCUT2D eigenvalue weighted by Gasteiger charge is -2.14. The van der Waals surface area contributed by atoms with Crippen molar-refractivity contribution in [3.05, 3.63) is 55.2 Å². The highest BCUT2D eigenvalue weighted by Crippen LogP contribution is 2.30. The van der Waals surface area contributed by atoms with Crippen molar-refractivity contribution >= 4 is 28.5 Å². The van der Waals surface area contributed by atoms with Crippen molar-refractivity contribution in [2.24, 2.45) is 14.1 Å². The first kappa shape index (κ1) is 19.7. The van der Waals surface area contributed by atoms with Crippen LogP contribution in [0.15, 0.2) is 38.9 Å². The van der Waals surface area contributed by atoms with Crippen LogP contribution < -0.4 is 11.2 Å². The van der Waals surface area contributed by atoms with Gasteiger partial charge >= 0.3 is 5.69 Å². The number of nitro benzene ring substituents is 1. The van der Waals surface area contributed by atoms with Gasteiger partial charge in [0.15, 0.2) is 11.5 Å². The number of aromatic nitrogens is 4. The third kappa shape index (κ3) is 3.42. The number of nitrogens with zero attached hydrogens (tertiary/aromatic N) is 5. The van der Waals surface area contributed by atoms with Crippen molar-refractivity contribution in [3.8, 4) is 11.4 Å². The first-order chi connectivity index (χ1) is 13.2. The summed E-state index contributed by atoms with van der Waals surface area (Å²) in [5.41, 5.74) is -0.168. The van der Waals surface area contributed by atoms with E-state index in [1.807, 2.05) is 13.8 Å². The molecule has 0 amide bonds. The number of hydrogen-bond acceptors (Lipinski definition) is 7. The zero-order valence-corrected chi connectivity index (χ0v) is 16.7. The normalized spacial score (nSPS) is 12.3. The number of benzene rings is 1. The fourth-order valence-corrected chi connectivity index (χ4v) is 3.63. The number of fused-ring (bicyclic) bond motifs is 1. The summed E-state index contributed by atoms with van der Waals surface area (Å²) in [6.45, 7) is 4.06. The SMILES string of the molecule is CC[C@@H](C)Sc1nc(-c2ccc([N+](=O)[O-])cc2)nc2c1c(=O)n(C)c(=O)n2C. The lowest BCUT2D eigenvalue weighted by atomic mass is 10.2. The van der Waals surface area contributed by atoms with E-state index in [9.17, 15) is 19.7 Å². The summed E-state index contributed by atoms with van der Waals surface area (Å²) in [6, 6.07) is 5.84. The van der Waals surface area contributed by atoms with Crippen molar-refractivity contribution in [1.82, 2.24) is 19.1 Å². The lowest BCUT2D eigenvalue weighted by molar-refractivity contribution is -0.384. The summed E-state index contributed by atoms with van der Waals surface area (Å²) in [6.07, 6.45) is 0.870. The zero-order valence-electron chi connectivity index (χ0n) is 15.9. The van der Waals surface area contributed by atoms with Crippen LogP contribution >= 0.6 is 11.8 Å². The number of hydrogen-bond donors (Lipinski definition) is 0. The standard InChI is InChI=1S/C18H19N5O4S/c1-5-10(2)28-16-13-15(21(3)18(25)22(4)17(13)24)19-14(20-16)11-6-8-12(9-7-11)23(26)27/h6-10H,5H2,1-4H3/t10-/m1/s1. The molecule has 1 atom stereocenters. The maximum atomic E-state index is 12.7. The van der Waals surface area contributed by atoms with E-state index in [-0.39, 0.29) is 16.6 Å². The Kier molecular flexibility index (Phi) is 5.32. The van der Waals surface area contributed by atoms with Crippen LogP contribution in [0.5, 0.6) is 0 Å². The molecule has 0 unspecified atom stereocenters. The summed E-state index contributed by atoms with van der Waals surface area (Å²) in [7, 11) is 2.97. The molecule has 0 saturated carbocycles. The Morgan fingerprint density at radius 3 is 2.36 bits per heavy atom. The second kappa shape index (κ2) is 7.55. The van der Waals surface area contributed by atoms with E-state index in [1.54, 1.807) is 19.2 Å². The molecule has 3 aromatic rings. The second-order valence-electron chi connectivity index (χ2n) is 6.40. The van der Waals surface area contributed by atoms with Gasteiger partial charge in [0.05, 0.1) is 4.92 Å². The van der Waals surface area contributed by atoms with Gasteiger partial charge < -0.3 is 0 Å². The Hall–Kier alpha value is -3.01. The molecule has 0 bridgehead atoms. The van der Waals surface area contributed by atoms with Crippen molar-refractivity contribution in [3.63, 3.8) is 0 Å². The lowest BCUT2D eigenvalue weighted by Crippen LogP contribution is -2.37. The summed E-state index contributed by atoms with van der Waals surface area (Å²) >= 11 is 1.44. The fraction of sp³-hybridized carbons (Fsp3) is 0.333. The minimum atomic E-state index is -0.483. The number of nitro groups is 1. The number of non-ortho nitro benzene ring substituents is 1. The van der Waals surface area contributed by atoms with E-state index in [0.717, 1.165) is 11.0 Å². The third-order valence-electron chi connectivity index (χ3n) is 4.49. The highest BCUT2D eigenvalue weighted by Gasteiger charge is 2.19. The molecule has 1 aromatic carbocycles. The minimum Gasteiger partial charge on any atom is -0.280 e. The van der Waals surface area contributed by atoms with E-state index < -0.39 is 16.2 Å². The second-order valence-corrected chi connectivity index (χ2v) is 7.82. The zero-order chi connectivity index (χ0) is 20.6. The van der Waals surface area contributed by atoms with Crippen LogP contribution in [0.2, 0.25) is 0 Å². The molecule has 0 aliphatic rings. The number of rotatable bonds is 5. The van der Waals surface area contributed by atoms with Gasteiger partial charge in [-0.15, -0.1) is 11.8 Å². The van der Waals surface area contributed by atoms with Gasteiger partial charge in [-0.05, 0) is 18.6 Å². The predicted octanol–water partition coefficient (Wildman–Crippen LogP) is 2.49. The maximum absolute atomic E-state index is 12.7. The molecule has 0 N–H and O–H groups in total. The van der Waals surface area contributed by atoms with Gasteiger partial charge in [0.1, 0.15) is 10.4 Å². The molecule has 0 spiro atoms. The Morgan fingerprint density at radius 2 is 1.79 bits per heavy atom. The van der Waals surface area contributed by atoms with Gasteiger partial charge in [0.2, 0.25) is 0 Å². The average molecular weight is 401 g/mol. The summed E-state index contributed by atoms with van der Waals surface area (Å²) in [4.78, 5) is 44.5. The predicted molar refractivity (Wildman–Crippen MR) is 108 cm³/mol. The molecule has 9 nitrogen and oxygen atoms in total. The van der Waals surface area contributed by atoms with Crippen molar-refractivity contribution in [2.75, 3.05) is 0 Å². The Morgan fingerprint density at radius 1 is 1.14 bits per heavy atom. The van der Waals surface area contributed by atoms with Gasteiger partial charge in [-0.2, -0.15) is 0 Å². The van der Waals surface area contributed by atoms with Crippen LogP contribution in [-0.4, -0.2) is 29.3 Å². The highest BCUT2D eigenvalue weighted by atomic mass is 32.2. The van der Waals surface area contributed by atoms with Crippen LogP contribution in [0.25, 0.3) is 22.4 Å². The molecule has 146 valence electrons. The van der Waals surface area contributed by atoms with Crippen molar-refractivity contribution in [2.45, 2.75) is 30.5 Å². The molecule has 2 aromatic heterocycles. The van der Waals surface area contributed by atoms with Crippen LogP contribution in [0.1, 0.15) is 20.3 Å². The topological polar surface area (TPSA) is 113 Å². The highest BCUT2D eigenvalue weighted by molar-refractivity contribution is 8.00. The van der Waals surface area contributed by atoms with Gasteiger partial charge in [-0.3, -0.25) is 24.0 Å².